The summed E-state index contributed by atoms with van der Waals surface area (Å²) in [6, 6.07) is 7.91. The number of rotatable bonds is 11. The molecule has 1 fully saturated rings. The molecule has 4 nitrogen and oxygen atoms in total. The molecule has 24 heavy (non-hydrogen) atoms. The third-order valence-corrected chi connectivity index (χ3v) is 4.26. The largest absolute Gasteiger partial charge is 0.494 e. The predicted octanol–water partition coefficient (Wildman–Crippen LogP) is 4.22. The van der Waals surface area contributed by atoms with Crippen molar-refractivity contribution in [3.05, 3.63) is 35.4 Å². The Morgan fingerprint density at radius 2 is 1.67 bits per heavy atom. The maximum absolute atomic E-state index is 11.5. The standard InChI is InChI=1S/C20H30N2O2/c1-2-3-4-5-6-7-8-9-14-24-19-12-10-17(11-13-19)15-18-16-21-22-20(18)23/h10-13,15,21H,2-9,14,16H2,1H3,(H,22,23)/b18-15+. The molecule has 0 aromatic heterocycles. The first-order chi connectivity index (χ1) is 11.8. The molecule has 0 spiro atoms. The zero-order chi connectivity index (χ0) is 17.0. The SMILES string of the molecule is CCCCCCCCCCOc1ccc(/C=C2\CNNC2=O)cc1. The highest BCUT2D eigenvalue weighted by Gasteiger charge is 2.14. The van der Waals surface area contributed by atoms with E-state index in [4.69, 9.17) is 4.74 Å². The van der Waals surface area contributed by atoms with Gasteiger partial charge in [-0.05, 0) is 30.2 Å². The number of carbonyl (C=O) groups is 1. The normalized spacial score (nSPS) is 15.7. The van der Waals surface area contributed by atoms with Crippen LogP contribution >= 0.6 is 0 Å². The average Bonchev–Trinajstić information content (AvgIpc) is 3.00. The predicted molar refractivity (Wildman–Crippen MR) is 98.7 cm³/mol. The van der Waals surface area contributed by atoms with Crippen molar-refractivity contribution in [1.82, 2.24) is 10.9 Å². The van der Waals surface area contributed by atoms with E-state index in [1.165, 1.54) is 44.9 Å². The van der Waals surface area contributed by atoms with Crippen LogP contribution in [0.3, 0.4) is 0 Å². The van der Waals surface area contributed by atoms with Crippen molar-refractivity contribution in [2.24, 2.45) is 0 Å². The van der Waals surface area contributed by atoms with Gasteiger partial charge >= 0.3 is 0 Å². The number of amides is 1. The van der Waals surface area contributed by atoms with Gasteiger partial charge in [-0.2, -0.15) is 0 Å². The third kappa shape index (κ3) is 6.75. The summed E-state index contributed by atoms with van der Waals surface area (Å²) in [4.78, 5) is 11.5. The fraction of sp³-hybridized carbons (Fsp3) is 0.550. The number of nitrogens with one attached hydrogen (secondary N) is 2. The van der Waals surface area contributed by atoms with Crippen molar-refractivity contribution in [3.63, 3.8) is 0 Å². The van der Waals surface area contributed by atoms with Crippen LogP contribution in [0.4, 0.5) is 0 Å². The van der Waals surface area contributed by atoms with Gasteiger partial charge in [0.25, 0.3) is 5.91 Å². The molecule has 1 aromatic carbocycles. The average molecular weight is 330 g/mol. The van der Waals surface area contributed by atoms with E-state index < -0.39 is 0 Å². The van der Waals surface area contributed by atoms with Gasteiger partial charge in [0.15, 0.2) is 0 Å². The summed E-state index contributed by atoms with van der Waals surface area (Å²) in [7, 11) is 0. The van der Waals surface area contributed by atoms with E-state index in [9.17, 15) is 4.79 Å². The highest BCUT2D eigenvalue weighted by Crippen LogP contribution is 2.16. The minimum absolute atomic E-state index is 0.0509. The van der Waals surface area contributed by atoms with Gasteiger partial charge in [0.1, 0.15) is 5.75 Å². The number of unbranched alkanes of at least 4 members (excludes halogenated alkanes) is 7. The van der Waals surface area contributed by atoms with Crippen LogP contribution in [0, 0.1) is 0 Å². The third-order valence-electron chi connectivity index (χ3n) is 4.26. The van der Waals surface area contributed by atoms with Gasteiger partial charge in [0.2, 0.25) is 0 Å². The maximum Gasteiger partial charge on any atom is 0.262 e. The first-order valence-corrected chi connectivity index (χ1v) is 9.26. The van der Waals surface area contributed by atoms with Crippen molar-refractivity contribution in [3.8, 4) is 5.75 Å². The van der Waals surface area contributed by atoms with E-state index in [1.807, 2.05) is 30.3 Å². The molecule has 2 N–H and O–H groups in total. The summed E-state index contributed by atoms with van der Waals surface area (Å²) in [5.74, 6) is 0.846. The van der Waals surface area contributed by atoms with E-state index in [0.717, 1.165) is 29.9 Å². The number of benzene rings is 1. The monoisotopic (exact) mass is 330 g/mol. The van der Waals surface area contributed by atoms with Crippen LogP contribution in [0.15, 0.2) is 29.8 Å². The van der Waals surface area contributed by atoms with E-state index in [1.54, 1.807) is 0 Å². The van der Waals surface area contributed by atoms with Crippen LogP contribution in [0.2, 0.25) is 0 Å². The van der Waals surface area contributed by atoms with Crippen LogP contribution in [0.5, 0.6) is 5.75 Å². The van der Waals surface area contributed by atoms with Crippen LogP contribution in [-0.2, 0) is 4.79 Å². The van der Waals surface area contributed by atoms with Crippen molar-refractivity contribution in [2.75, 3.05) is 13.2 Å². The number of hydrazine groups is 1. The quantitative estimate of drug-likeness (QED) is 0.472. The van der Waals surface area contributed by atoms with E-state index in [-0.39, 0.29) is 5.91 Å². The molecule has 1 aliphatic heterocycles. The molecule has 1 heterocycles. The zero-order valence-corrected chi connectivity index (χ0v) is 14.8. The van der Waals surface area contributed by atoms with Gasteiger partial charge in [-0.25, -0.2) is 5.43 Å². The van der Waals surface area contributed by atoms with Gasteiger partial charge in [-0.3, -0.25) is 10.2 Å². The van der Waals surface area contributed by atoms with Gasteiger partial charge in [0.05, 0.1) is 6.61 Å². The Morgan fingerprint density at radius 3 is 2.29 bits per heavy atom. The fourth-order valence-electron chi connectivity index (χ4n) is 2.78. The molecule has 0 saturated carbocycles. The first kappa shape index (κ1) is 18.5. The molecule has 0 atom stereocenters. The van der Waals surface area contributed by atoms with E-state index >= 15 is 0 Å². The van der Waals surface area contributed by atoms with Crippen LogP contribution < -0.4 is 15.6 Å². The van der Waals surface area contributed by atoms with Crippen LogP contribution in [0.1, 0.15) is 63.9 Å². The highest BCUT2D eigenvalue weighted by atomic mass is 16.5. The molecule has 1 saturated heterocycles. The van der Waals surface area contributed by atoms with Crippen molar-refractivity contribution >= 4 is 12.0 Å². The molecule has 0 bridgehead atoms. The molecule has 0 unspecified atom stereocenters. The summed E-state index contributed by atoms with van der Waals surface area (Å²) < 4.78 is 5.78. The lowest BCUT2D eigenvalue weighted by Crippen LogP contribution is -2.25. The smallest absolute Gasteiger partial charge is 0.262 e. The van der Waals surface area contributed by atoms with E-state index in [2.05, 4.69) is 17.8 Å². The molecular formula is C20H30N2O2. The van der Waals surface area contributed by atoms with Crippen molar-refractivity contribution < 1.29 is 9.53 Å². The summed E-state index contributed by atoms with van der Waals surface area (Å²) in [6.45, 7) is 3.60. The Balaban J connectivity index is 1.59. The Kier molecular flexibility index (Phi) is 8.39. The lowest BCUT2D eigenvalue weighted by atomic mass is 10.1. The Hall–Kier alpha value is -1.81. The Bertz CT molecular complexity index is 523. The zero-order valence-electron chi connectivity index (χ0n) is 14.8. The lowest BCUT2D eigenvalue weighted by Gasteiger charge is -2.06. The van der Waals surface area contributed by atoms with Crippen LogP contribution in [0.25, 0.3) is 6.08 Å². The summed E-state index contributed by atoms with van der Waals surface area (Å²) >= 11 is 0. The maximum atomic E-state index is 11.5. The first-order valence-electron chi connectivity index (χ1n) is 9.26. The van der Waals surface area contributed by atoms with Crippen molar-refractivity contribution in [1.29, 1.82) is 0 Å². The second-order valence-corrected chi connectivity index (χ2v) is 6.37. The van der Waals surface area contributed by atoms with Gasteiger partial charge < -0.3 is 4.74 Å². The Labute approximate surface area is 145 Å². The van der Waals surface area contributed by atoms with Gasteiger partial charge in [-0.1, -0.05) is 64.0 Å². The number of carbonyl (C=O) groups excluding carboxylic acids is 1. The van der Waals surface area contributed by atoms with E-state index in [0.29, 0.717) is 6.54 Å². The molecule has 2 rings (SSSR count). The lowest BCUT2D eigenvalue weighted by molar-refractivity contribution is -0.116. The minimum atomic E-state index is -0.0509. The molecule has 1 aromatic rings. The molecule has 4 heteroatoms. The second kappa shape index (κ2) is 10.9. The highest BCUT2D eigenvalue weighted by molar-refractivity contribution is 5.99. The minimum Gasteiger partial charge on any atom is -0.494 e. The molecular weight excluding hydrogens is 300 g/mol. The molecule has 1 aliphatic rings. The molecule has 0 radical (unpaired) electrons. The van der Waals surface area contributed by atoms with Gasteiger partial charge in [-0.15, -0.1) is 0 Å². The molecule has 1 amide bonds. The number of ether oxygens (including phenoxy) is 1. The number of hydrogen-bond acceptors (Lipinski definition) is 3. The second-order valence-electron chi connectivity index (χ2n) is 6.37. The number of hydrogen-bond donors (Lipinski definition) is 2. The molecule has 132 valence electrons. The Morgan fingerprint density at radius 1 is 1.00 bits per heavy atom. The molecule has 0 aliphatic carbocycles. The summed E-state index contributed by atoms with van der Waals surface area (Å²) in [5.41, 5.74) is 7.17. The van der Waals surface area contributed by atoms with Crippen LogP contribution in [-0.4, -0.2) is 19.1 Å². The fourth-order valence-corrected chi connectivity index (χ4v) is 2.78. The topological polar surface area (TPSA) is 50.4 Å². The summed E-state index contributed by atoms with van der Waals surface area (Å²) in [5, 5.41) is 0. The van der Waals surface area contributed by atoms with Gasteiger partial charge in [0, 0.05) is 12.1 Å². The summed E-state index contributed by atoms with van der Waals surface area (Å²) in [6.07, 6.45) is 12.4. The van der Waals surface area contributed by atoms with Crippen molar-refractivity contribution in [2.45, 2.75) is 58.3 Å².